The fraction of sp³-hybridized carbons (Fsp3) is 0.600. The quantitative estimate of drug-likeness (QED) is 0.896. The van der Waals surface area contributed by atoms with Gasteiger partial charge in [-0.15, -0.1) is 0 Å². The largest absolute Gasteiger partial charge is 0.496 e. The van der Waals surface area contributed by atoms with Gasteiger partial charge in [-0.25, -0.2) is 0 Å². The van der Waals surface area contributed by atoms with Crippen LogP contribution in [0.4, 0.5) is 0 Å². The van der Waals surface area contributed by atoms with Crippen LogP contribution in [0.3, 0.4) is 0 Å². The minimum Gasteiger partial charge on any atom is -0.496 e. The van der Waals surface area contributed by atoms with Gasteiger partial charge < -0.3 is 15.2 Å². The highest BCUT2D eigenvalue weighted by atomic mass is 79.9. The highest BCUT2D eigenvalue weighted by Crippen LogP contribution is 2.33. The summed E-state index contributed by atoms with van der Waals surface area (Å²) in [5, 5.41) is 0. The van der Waals surface area contributed by atoms with Crippen LogP contribution in [0.5, 0.6) is 5.75 Å². The van der Waals surface area contributed by atoms with Crippen LogP contribution in [0.2, 0.25) is 0 Å². The maximum atomic E-state index is 6.31. The number of hydrogen-bond acceptors (Lipinski definition) is 3. The zero-order valence-electron chi connectivity index (χ0n) is 11.6. The standard InChI is InChI=1S/C15H22BrNO2/c1-10-8-15(18-2)12(9-13(10)16)14(17)6-5-11-4-3-7-19-11/h8-9,11,14H,3-7,17H2,1-2H3. The van der Waals surface area contributed by atoms with E-state index >= 15 is 0 Å². The molecule has 1 fully saturated rings. The SMILES string of the molecule is COc1cc(C)c(Br)cc1C(N)CCC1CCCO1. The van der Waals surface area contributed by atoms with E-state index in [2.05, 4.69) is 22.0 Å². The van der Waals surface area contributed by atoms with E-state index in [0.29, 0.717) is 6.10 Å². The van der Waals surface area contributed by atoms with Crippen LogP contribution in [0.25, 0.3) is 0 Å². The summed E-state index contributed by atoms with van der Waals surface area (Å²) in [6.07, 6.45) is 4.69. The average Bonchev–Trinajstić information content (AvgIpc) is 2.91. The molecule has 1 aliphatic heterocycles. The summed E-state index contributed by atoms with van der Waals surface area (Å²) >= 11 is 3.56. The molecule has 2 unspecified atom stereocenters. The van der Waals surface area contributed by atoms with Crippen LogP contribution in [0, 0.1) is 6.92 Å². The number of hydrogen-bond donors (Lipinski definition) is 1. The molecule has 2 rings (SSSR count). The maximum Gasteiger partial charge on any atom is 0.123 e. The number of benzene rings is 1. The smallest absolute Gasteiger partial charge is 0.123 e. The number of methoxy groups -OCH3 is 1. The van der Waals surface area contributed by atoms with E-state index in [1.807, 2.05) is 13.0 Å². The number of ether oxygens (including phenoxy) is 2. The molecule has 2 N–H and O–H groups in total. The van der Waals surface area contributed by atoms with Gasteiger partial charge in [-0.3, -0.25) is 0 Å². The fourth-order valence-corrected chi connectivity index (χ4v) is 2.89. The monoisotopic (exact) mass is 327 g/mol. The summed E-state index contributed by atoms with van der Waals surface area (Å²) in [5.41, 5.74) is 8.54. The van der Waals surface area contributed by atoms with E-state index in [-0.39, 0.29) is 6.04 Å². The molecule has 0 spiro atoms. The first kappa shape index (κ1) is 14.8. The summed E-state index contributed by atoms with van der Waals surface area (Å²) in [5.74, 6) is 0.876. The van der Waals surface area contributed by atoms with Gasteiger partial charge in [0.25, 0.3) is 0 Å². The molecule has 0 radical (unpaired) electrons. The Hall–Kier alpha value is -0.580. The van der Waals surface area contributed by atoms with Crippen molar-refractivity contribution in [2.75, 3.05) is 13.7 Å². The highest BCUT2D eigenvalue weighted by Gasteiger charge is 2.19. The van der Waals surface area contributed by atoms with Crippen molar-refractivity contribution in [2.24, 2.45) is 5.73 Å². The molecular formula is C15H22BrNO2. The lowest BCUT2D eigenvalue weighted by Gasteiger charge is -2.18. The topological polar surface area (TPSA) is 44.5 Å². The third-order valence-electron chi connectivity index (χ3n) is 3.73. The van der Waals surface area contributed by atoms with Crippen molar-refractivity contribution in [1.29, 1.82) is 0 Å². The summed E-state index contributed by atoms with van der Waals surface area (Å²) in [6.45, 7) is 2.95. The second kappa shape index (κ2) is 6.73. The molecule has 1 aliphatic rings. The van der Waals surface area contributed by atoms with Gasteiger partial charge in [0, 0.05) is 22.7 Å². The lowest BCUT2D eigenvalue weighted by atomic mass is 9.98. The maximum absolute atomic E-state index is 6.31. The third-order valence-corrected chi connectivity index (χ3v) is 4.59. The molecule has 3 nitrogen and oxygen atoms in total. The normalized spacial score (nSPS) is 20.5. The molecule has 106 valence electrons. The molecule has 1 aromatic rings. The van der Waals surface area contributed by atoms with Crippen molar-refractivity contribution in [2.45, 2.75) is 44.8 Å². The molecule has 1 aromatic carbocycles. The first-order valence-electron chi connectivity index (χ1n) is 6.83. The first-order valence-corrected chi connectivity index (χ1v) is 7.62. The second-order valence-corrected chi connectivity index (χ2v) is 6.02. The third kappa shape index (κ3) is 3.71. The van der Waals surface area contributed by atoms with E-state index in [0.717, 1.165) is 40.8 Å². The number of aryl methyl sites for hydroxylation is 1. The Morgan fingerprint density at radius 2 is 2.32 bits per heavy atom. The van der Waals surface area contributed by atoms with Gasteiger partial charge in [0.2, 0.25) is 0 Å². The molecule has 4 heteroatoms. The Balaban J connectivity index is 2.04. The lowest BCUT2D eigenvalue weighted by molar-refractivity contribution is 0.101. The van der Waals surface area contributed by atoms with Gasteiger partial charge in [-0.05, 0) is 50.3 Å². The van der Waals surface area contributed by atoms with Gasteiger partial charge in [-0.2, -0.15) is 0 Å². The van der Waals surface area contributed by atoms with Crippen molar-refractivity contribution in [3.05, 3.63) is 27.7 Å². The molecule has 0 aliphatic carbocycles. The molecule has 2 atom stereocenters. The van der Waals surface area contributed by atoms with E-state index in [9.17, 15) is 0 Å². The molecule has 0 amide bonds. The molecule has 0 bridgehead atoms. The Kier molecular flexibility index (Phi) is 5.25. The Morgan fingerprint density at radius 3 is 2.95 bits per heavy atom. The summed E-state index contributed by atoms with van der Waals surface area (Å²) in [7, 11) is 1.69. The van der Waals surface area contributed by atoms with Gasteiger partial charge >= 0.3 is 0 Å². The van der Waals surface area contributed by atoms with E-state index in [1.165, 1.54) is 12.8 Å². The summed E-state index contributed by atoms with van der Waals surface area (Å²) in [6, 6.07) is 4.11. The molecule has 1 heterocycles. The van der Waals surface area contributed by atoms with E-state index < -0.39 is 0 Å². The lowest BCUT2D eigenvalue weighted by Crippen LogP contribution is -2.15. The average molecular weight is 328 g/mol. The zero-order chi connectivity index (χ0) is 13.8. The molecule has 19 heavy (non-hydrogen) atoms. The second-order valence-electron chi connectivity index (χ2n) is 5.16. The van der Waals surface area contributed by atoms with E-state index in [1.54, 1.807) is 7.11 Å². The summed E-state index contributed by atoms with van der Waals surface area (Å²) in [4.78, 5) is 0. The van der Waals surface area contributed by atoms with Crippen LogP contribution in [-0.4, -0.2) is 19.8 Å². The number of nitrogens with two attached hydrogens (primary N) is 1. The minimum atomic E-state index is -0.00366. The van der Waals surface area contributed by atoms with Gasteiger partial charge in [0.05, 0.1) is 13.2 Å². The van der Waals surface area contributed by atoms with Crippen molar-refractivity contribution in [3.63, 3.8) is 0 Å². The van der Waals surface area contributed by atoms with Crippen molar-refractivity contribution in [1.82, 2.24) is 0 Å². The Morgan fingerprint density at radius 1 is 1.53 bits per heavy atom. The Labute approximate surface area is 123 Å². The molecule has 0 saturated carbocycles. The van der Waals surface area contributed by atoms with Crippen molar-refractivity contribution >= 4 is 15.9 Å². The van der Waals surface area contributed by atoms with Gasteiger partial charge in [-0.1, -0.05) is 15.9 Å². The molecule has 0 aromatic heterocycles. The number of halogens is 1. The Bertz CT molecular complexity index is 430. The fourth-order valence-electron chi connectivity index (χ4n) is 2.53. The van der Waals surface area contributed by atoms with Crippen molar-refractivity contribution < 1.29 is 9.47 Å². The predicted molar refractivity (Wildman–Crippen MR) is 80.6 cm³/mol. The van der Waals surface area contributed by atoms with Gasteiger partial charge in [0.15, 0.2) is 0 Å². The highest BCUT2D eigenvalue weighted by molar-refractivity contribution is 9.10. The molecule has 1 saturated heterocycles. The van der Waals surface area contributed by atoms with E-state index in [4.69, 9.17) is 15.2 Å². The predicted octanol–water partition coefficient (Wildman–Crippen LogP) is 3.73. The van der Waals surface area contributed by atoms with Gasteiger partial charge in [0.1, 0.15) is 5.75 Å². The van der Waals surface area contributed by atoms with Crippen LogP contribution in [0.1, 0.15) is 42.9 Å². The molecular weight excluding hydrogens is 306 g/mol. The van der Waals surface area contributed by atoms with Crippen LogP contribution >= 0.6 is 15.9 Å². The minimum absolute atomic E-state index is 0.00366. The summed E-state index contributed by atoms with van der Waals surface area (Å²) < 4.78 is 12.2. The number of rotatable bonds is 5. The zero-order valence-corrected chi connectivity index (χ0v) is 13.2. The van der Waals surface area contributed by atoms with Crippen molar-refractivity contribution in [3.8, 4) is 5.75 Å². The first-order chi connectivity index (χ1) is 9.11. The van der Waals surface area contributed by atoms with Crippen LogP contribution in [0.15, 0.2) is 16.6 Å². The van der Waals surface area contributed by atoms with Crippen LogP contribution < -0.4 is 10.5 Å². The van der Waals surface area contributed by atoms with Crippen LogP contribution in [-0.2, 0) is 4.74 Å².